The molecule has 0 saturated carbocycles. The maximum atomic E-state index is 14.2. The number of esters is 1. The Morgan fingerprint density at radius 1 is 1.15 bits per heavy atom. The highest BCUT2D eigenvalue weighted by Crippen LogP contribution is 2.23. The van der Waals surface area contributed by atoms with Crippen molar-refractivity contribution in [2.45, 2.75) is 17.9 Å². The molecule has 0 spiro atoms. The van der Waals surface area contributed by atoms with Gasteiger partial charge in [0.15, 0.2) is 0 Å². The zero-order valence-corrected chi connectivity index (χ0v) is 15.6. The van der Waals surface area contributed by atoms with E-state index in [1.54, 1.807) is 31.2 Å². The fraction of sp³-hybridized carbons (Fsp3) is 0.316. The third-order valence-electron chi connectivity index (χ3n) is 4.32. The zero-order chi connectivity index (χ0) is 19.4. The summed E-state index contributed by atoms with van der Waals surface area (Å²) in [7, 11) is -3.84. The topological polar surface area (TPSA) is 72.9 Å². The average Bonchev–Trinajstić information content (AvgIpc) is 2.69. The predicted octanol–water partition coefficient (Wildman–Crippen LogP) is 2.76. The molecule has 0 bridgehead atoms. The van der Waals surface area contributed by atoms with Gasteiger partial charge in [-0.05, 0) is 30.7 Å². The monoisotopic (exact) mass is 393 g/mol. The fourth-order valence-electron chi connectivity index (χ4n) is 2.77. The van der Waals surface area contributed by atoms with Crippen LogP contribution in [0, 0.1) is 5.82 Å². The van der Waals surface area contributed by atoms with Gasteiger partial charge in [0.1, 0.15) is 11.9 Å². The van der Waals surface area contributed by atoms with Crippen LogP contribution in [0.5, 0.6) is 0 Å². The Hall–Kier alpha value is -2.29. The van der Waals surface area contributed by atoms with Gasteiger partial charge >= 0.3 is 5.97 Å². The van der Waals surface area contributed by atoms with E-state index in [0.717, 1.165) is 23.8 Å². The summed E-state index contributed by atoms with van der Waals surface area (Å²) in [4.78, 5) is 12.3. The summed E-state index contributed by atoms with van der Waals surface area (Å²) in [6, 6.07) is 12.2. The van der Waals surface area contributed by atoms with Gasteiger partial charge in [-0.2, -0.15) is 4.31 Å². The van der Waals surface area contributed by atoms with Crippen molar-refractivity contribution < 1.29 is 27.1 Å². The summed E-state index contributed by atoms with van der Waals surface area (Å²) < 4.78 is 51.3. The van der Waals surface area contributed by atoms with Gasteiger partial charge < -0.3 is 9.47 Å². The number of ether oxygens (including phenoxy) is 2. The number of sulfonamides is 1. The van der Waals surface area contributed by atoms with E-state index < -0.39 is 33.5 Å². The van der Waals surface area contributed by atoms with Gasteiger partial charge in [0.05, 0.1) is 23.7 Å². The van der Waals surface area contributed by atoms with Crippen molar-refractivity contribution in [3.05, 3.63) is 65.5 Å². The van der Waals surface area contributed by atoms with Crippen molar-refractivity contribution in [3.8, 4) is 0 Å². The lowest BCUT2D eigenvalue weighted by Gasteiger charge is -2.26. The van der Waals surface area contributed by atoms with Gasteiger partial charge in [0.2, 0.25) is 10.0 Å². The summed E-state index contributed by atoms with van der Waals surface area (Å²) >= 11 is 0. The normalized spacial score (nSPS) is 16.7. The highest BCUT2D eigenvalue weighted by molar-refractivity contribution is 7.89. The van der Waals surface area contributed by atoms with Crippen LogP contribution in [-0.4, -0.2) is 45.0 Å². The van der Waals surface area contributed by atoms with E-state index >= 15 is 0 Å². The molecule has 27 heavy (non-hydrogen) atoms. The van der Waals surface area contributed by atoms with E-state index in [0.29, 0.717) is 13.2 Å². The molecule has 2 aromatic rings. The highest BCUT2D eigenvalue weighted by atomic mass is 32.2. The lowest BCUT2D eigenvalue weighted by Crippen LogP contribution is -2.40. The van der Waals surface area contributed by atoms with Crippen LogP contribution in [0.25, 0.3) is 0 Å². The Labute approximate surface area is 157 Å². The standard InChI is InChI=1S/C19H20FNO5S/c1-14(15-5-3-2-4-6-15)26-19(22)17-13-16(7-8-18(17)20)27(23,24)21-9-11-25-12-10-21/h2-8,13-14H,9-12H2,1H3/t14-/m0/s1. The van der Waals surface area contributed by atoms with E-state index in [2.05, 4.69) is 0 Å². The Balaban J connectivity index is 1.83. The molecular weight excluding hydrogens is 373 g/mol. The third-order valence-corrected chi connectivity index (χ3v) is 6.21. The molecule has 1 atom stereocenters. The van der Waals surface area contributed by atoms with Crippen molar-refractivity contribution in [2.24, 2.45) is 0 Å². The molecule has 144 valence electrons. The number of halogens is 1. The van der Waals surface area contributed by atoms with Gasteiger partial charge in [-0.1, -0.05) is 30.3 Å². The number of hydrogen-bond acceptors (Lipinski definition) is 5. The second-order valence-corrected chi connectivity index (χ2v) is 8.05. The molecule has 2 aromatic carbocycles. The molecule has 1 aliphatic heterocycles. The van der Waals surface area contributed by atoms with Crippen LogP contribution in [-0.2, 0) is 19.5 Å². The van der Waals surface area contributed by atoms with Crippen molar-refractivity contribution >= 4 is 16.0 Å². The third kappa shape index (κ3) is 4.35. The van der Waals surface area contributed by atoms with Crippen molar-refractivity contribution in [3.63, 3.8) is 0 Å². The Kier molecular flexibility index (Phi) is 5.88. The Bertz CT molecular complexity index is 911. The first-order chi connectivity index (χ1) is 12.9. The average molecular weight is 393 g/mol. The van der Waals surface area contributed by atoms with Crippen LogP contribution >= 0.6 is 0 Å². The van der Waals surface area contributed by atoms with E-state index in [1.807, 2.05) is 6.07 Å². The number of carbonyl (C=O) groups is 1. The first kappa shape index (κ1) is 19.5. The molecule has 1 heterocycles. The largest absolute Gasteiger partial charge is 0.454 e. The van der Waals surface area contributed by atoms with Crippen molar-refractivity contribution in [2.75, 3.05) is 26.3 Å². The molecule has 3 rings (SSSR count). The number of rotatable bonds is 5. The second-order valence-electron chi connectivity index (χ2n) is 6.12. The Morgan fingerprint density at radius 2 is 1.81 bits per heavy atom. The van der Waals surface area contributed by atoms with Gasteiger partial charge in [-0.3, -0.25) is 0 Å². The van der Waals surface area contributed by atoms with Gasteiger partial charge in [0, 0.05) is 13.1 Å². The lowest BCUT2D eigenvalue weighted by molar-refractivity contribution is 0.0332. The molecule has 1 aliphatic rings. The first-order valence-corrected chi connectivity index (χ1v) is 9.97. The van der Waals surface area contributed by atoms with E-state index in [1.165, 1.54) is 4.31 Å². The van der Waals surface area contributed by atoms with Crippen LogP contribution in [0.2, 0.25) is 0 Å². The second kappa shape index (κ2) is 8.16. The van der Waals surface area contributed by atoms with Gasteiger partial charge in [-0.25, -0.2) is 17.6 Å². The summed E-state index contributed by atoms with van der Waals surface area (Å²) in [6.07, 6.45) is -0.599. The van der Waals surface area contributed by atoms with Crippen LogP contribution in [0.3, 0.4) is 0 Å². The zero-order valence-electron chi connectivity index (χ0n) is 14.8. The summed E-state index contributed by atoms with van der Waals surface area (Å²) in [5.74, 6) is -1.75. The number of nitrogens with zero attached hydrogens (tertiary/aromatic N) is 1. The Morgan fingerprint density at radius 3 is 2.48 bits per heavy atom. The molecule has 0 unspecified atom stereocenters. The summed E-state index contributed by atoms with van der Waals surface area (Å²) in [6.45, 7) is 2.68. The molecule has 1 saturated heterocycles. The minimum Gasteiger partial charge on any atom is -0.454 e. The van der Waals surface area contributed by atoms with Gasteiger partial charge in [0.25, 0.3) is 0 Å². The molecule has 0 N–H and O–H groups in total. The molecule has 0 aromatic heterocycles. The van der Waals surface area contributed by atoms with Crippen LogP contribution in [0.4, 0.5) is 4.39 Å². The molecule has 0 aliphatic carbocycles. The number of benzene rings is 2. The molecular formula is C19H20FNO5S. The molecule has 6 nitrogen and oxygen atoms in total. The minimum absolute atomic E-state index is 0.148. The quantitative estimate of drug-likeness (QED) is 0.731. The SMILES string of the molecule is C[C@H](OC(=O)c1cc(S(=O)(=O)N2CCOCC2)ccc1F)c1ccccc1. The summed E-state index contributed by atoms with van der Waals surface area (Å²) in [5, 5.41) is 0. The maximum absolute atomic E-state index is 14.2. The fourth-order valence-corrected chi connectivity index (χ4v) is 4.21. The molecule has 1 fully saturated rings. The lowest BCUT2D eigenvalue weighted by atomic mass is 10.1. The van der Waals surface area contributed by atoms with Crippen molar-refractivity contribution in [1.29, 1.82) is 0 Å². The molecule has 0 radical (unpaired) electrons. The van der Waals surface area contributed by atoms with E-state index in [-0.39, 0.29) is 18.0 Å². The minimum atomic E-state index is -3.84. The van der Waals surface area contributed by atoms with Crippen molar-refractivity contribution in [1.82, 2.24) is 4.31 Å². The summed E-state index contributed by atoms with van der Waals surface area (Å²) in [5.41, 5.74) is 0.343. The number of hydrogen-bond donors (Lipinski definition) is 0. The molecule has 0 amide bonds. The van der Waals surface area contributed by atoms with Crippen LogP contribution < -0.4 is 0 Å². The highest BCUT2D eigenvalue weighted by Gasteiger charge is 2.28. The van der Waals surface area contributed by atoms with Crippen LogP contribution in [0.15, 0.2) is 53.4 Å². The maximum Gasteiger partial charge on any atom is 0.341 e. The first-order valence-electron chi connectivity index (χ1n) is 8.53. The number of morpholine rings is 1. The van der Waals surface area contributed by atoms with E-state index in [9.17, 15) is 17.6 Å². The van der Waals surface area contributed by atoms with Gasteiger partial charge in [-0.15, -0.1) is 0 Å². The van der Waals surface area contributed by atoms with E-state index in [4.69, 9.17) is 9.47 Å². The predicted molar refractivity (Wildman–Crippen MR) is 96.3 cm³/mol. The smallest absolute Gasteiger partial charge is 0.341 e. The van der Waals surface area contributed by atoms with Crippen LogP contribution in [0.1, 0.15) is 28.9 Å². The number of carbonyl (C=O) groups excluding carboxylic acids is 1. The molecule has 8 heteroatoms.